The average Bonchev–Trinajstić information content (AvgIpc) is 2.93. The highest BCUT2D eigenvalue weighted by Crippen LogP contribution is 2.17. The Labute approximate surface area is 124 Å². The molecule has 0 radical (unpaired) electrons. The molecule has 1 saturated heterocycles. The second-order valence-corrected chi connectivity index (χ2v) is 5.53. The van der Waals surface area contributed by atoms with E-state index in [2.05, 4.69) is 5.32 Å². The van der Waals surface area contributed by atoms with Crippen molar-refractivity contribution in [3.8, 4) is 0 Å². The molecule has 0 saturated carbocycles. The first-order chi connectivity index (χ1) is 10.0. The van der Waals surface area contributed by atoms with E-state index < -0.39 is 11.9 Å². The number of carbonyl (C=O) groups is 2. The highest BCUT2D eigenvalue weighted by molar-refractivity contribution is 5.91. The van der Waals surface area contributed by atoms with Crippen LogP contribution >= 0.6 is 0 Å². The lowest BCUT2D eigenvalue weighted by molar-refractivity contribution is -0.141. The number of ether oxygens (including phenoxy) is 1. The maximum atomic E-state index is 11.9. The Morgan fingerprint density at radius 1 is 1.38 bits per heavy atom. The monoisotopic (exact) mass is 291 g/mol. The van der Waals surface area contributed by atoms with Gasteiger partial charge >= 0.3 is 5.97 Å². The summed E-state index contributed by atoms with van der Waals surface area (Å²) in [5, 5.41) is 11.7. The van der Waals surface area contributed by atoms with E-state index in [4.69, 9.17) is 9.84 Å². The molecule has 1 fully saturated rings. The predicted molar refractivity (Wildman–Crippen MR) is 79.2 cm³/mol. The summed E-state index contributed by atoms with van der Waals surface area (Å²) in [7, 11) is 0. The molecule has 2 N–H and O–H groups in total. The molecule has 2 rings (SSSR count). The highest BCUT2D eigenvalue weighted by Gasteiger charge is 2.19. The summed E-state index contributed by atoms with van der Waals surface area (Å²) in [6, 6.07) is 7.30. The van der Waals surface area contributed by atoms with E-state index in [1.807, 2.05) is 12.1 Å². The van der Waals surface area contributed by atoms with E-state index in [9.17, 15) is 9.59 Å². The lowest BCUT2D eigenvalue weighted by atomic mass is 10.0. The molecular weight excluding hydrogens is 270 g/mol. The van der Waals surface area contributed by atoms with Gasteiger partial charge in [-0.1, -0.05) is 19.1 Å². The Hall–Kier alpha value is -1.88. The van der Waals surface area contributed by atoms with Gasteiger partial charge in [0.15, 0.2) is 0 Å². The molecule has 0 aliphatic carbocycles. The molecule has 1 aliphatic rings. The van der Waals surface area contributed by atoms with E-state index in [1.54, 1.807) is 19.1 Å². The Bertz CT molecular complexity index is 492. The number of aliphatic carboxylic acids is 1. The molecule has 1 aromatic carbocycles. The van der Waals surface area contributed by atoms with Gasteiger partial charge in [0.05, 0.1) is 18.4 Å². The van der Waals surface area contributed by atoms with Crippen molar-refractivity contribution in [2.24, 2.45) is 5.92 Å². The van der Waals surface area contributed by atoms with Gasteiger partial charge in [0.25, 0.3) is 0 Å². The number of hydrogen-bond donors (Lipinski definition) is 2. The molecule has 0 bridgehead atoms. The van der Waals surface area contributed by atoms with Crippen molar-refractivity contribution in [2.75, 3.05) is 11.9 Å². The Morgan fingerprint density at radius 2 is 2.10 bits per heavy atom. The third kappa shape index (κ3) is 4.86. The maximum Gasteiger partial charge on any atom is 0.306 e. The number of amides is 1. The zero-order valence-corrected chi connectivity index (χ0v) is 12.2. The first kappa shape index (κ1) is 15.5. The smallest absolute Gasteiger partial charge is 0.306 e. The van der Waals surface area contributed by atoms with Gasteiger partial charge in [0.2, 0.25) is 5.91 Å². The summed E-state index contributed by atoms with van der Waals surface area (Å²) >= 11 is 0. The normalized spacial score (nSPS) is 19.2. The van der Waals surface area contributed by atoms with E-state index in [1.165, 1.54) is 0 Å². The number of nitrogens with one attached hydrogen (secondary N) is 1. The highest BCUT2D eigenvalue weighted by atomic mass is 16.5. The third-order valence-electron chi connectivity index (χ3n) is 3.64. The van der Waals surface area contributed by atoms with Crippen molar-refractivity contribution in [3.05, 3.63) is 29.8 Å². The fraction of sp³-hybridized carbons (Fsp3) is 0.500. The number of carboxylic acid groups (broad SMARTS) is 1. The van der Waals surface area contributed by atoms with Crippen molar-refractivity contribution in [2.45, 2.75) is 38.7 Å². The molecule has 1 heterocycles. The molecule has 0 spiro atoms. The van der Waals surface area contributed by atoms with Gasteiger partial charge in [-0.05, 0) is 37.0 Å². The second kappa shape index (κ2) is 7.22. The van der Waals surface area contributed by atoms with Gasteiger partial charge in [-0.2, -0.15) is 0 Å². The van der Waals surface area contributed by atoms with Crippen LogP contribution in [0, 0.1) is 5.92 Å². The molecule has 114 valence electrons. The van der Waals surface area contributed by atoms with Crippen molar-refractivity contribution in [3.63, 3.8) is 0 Å². The summed E-state index contributed by atoms with van der Waals surface area (Å²) in [6.45, 7) is 2.42. The summed E-state index contributed by atoms with van der Waals surface area (Å²) < 4.78 is 5.43. The lowest BCUT2D eigenvalue weighted by Crippen LogP contribution is -2.19. The zero-order valence-electron chi connectivity index (χ0n) is 12.2. The van der Waals surface area contributed by atoms with Gasteiger partial charge in [0, 0.05) is 12.3 Å². The van der Waals surface area contributed by atoms with Crippen LogP contribution in [0.2, 0.25) is 0 Å². The first-order valence-electron chi connectivity index (χ1n) is 7.28. The molecule has 1 aliphatic heterocycles. The number of rotatable bonds is 6. The second-order valence-electron chi connectivity index (χ2n) is 5.53. The Morgan fingerprint density at radius 3 is 2.67 bits per heavy atom. The molecule has 5 nitrogen and oxygen atoms in total. The molecule has 21 heavy (non-hydrogen) atoms. The zero-order chi connectivity index (χ0) is 15.2. The number of hydrogen-bond acceptors (Lipinski definition) is 3. The van der Waals surface area contributed by atoms with Gasteiger partial charge in [-0.25, -0.2) is 0 Å². The number of carboxylic acids is 1. The van der Waals surface area contributed by atoms with E-state index in [0.717, 1.165) is 30.7 Å². The molecule has 5 heteroatoms. The third-order valence-corrected chi connectivity index (χ3v) is 3.64. The number of benzene rings is 1. The van der Waals surface area contributed by atoms with Gasteiger partial charge in [0.1, 0.15) is 0 Å². The summed E-state index contributed by atoms with van der Waals surface area (Å²) in [4.78, 5) is 22.7. The van der Waals surface area contributed by atoms with Crippen molar-refractivity contribution in [1.29, 1.82) is 0 Å². The van der Waals surface area contributed by atoms with Gasteiger partial charge < -0.3 is 15.2 Å². The predicted octanol–water partition coefficient (Wildman–Crippen LogP) is 2.46. The summed E-state index contributed by atoms with van der Waals surface area (Å²) in [5.41, 5.74) is 1.67. The standard InChI is InChI=1S/C16H21NO4/c1-11(16(19)20)9-12-4-6-13(7-5-12)17-15(18)10-14-3-2-8-21-14/h4-7,11,14H,2-3,8-10H2,1H3,(H,17,18)(H,19,20). The van der Waals surface area contributed by atoms with Crippen LogP contribution in [-0.4, -0.2) is 29.7 Å². The van der Waals surface area contributed by atoms with Crippen LogP contribution < -0.4 is 5.32 Å². The molecule has 0 aromatic heterocycles. The minimum Gasteiger partial charge on any atom is -0.481 e. The maximum absolute atomic E-state index is 11.9. The minimum absolute atomic E-state index is 0.0423. The van der Waals surface area contributed by atoms with Crippen LogP contribution in [0.25, 0.3) is 0 Å². The van der Waals surface area contributed by atoms with Crippen LogP contribution in [-0.2, 0) is 20.7 Å². The molecule has 1 amide bonds. The van der Waals surface area contributed by atoms with Gasteiger partial charge in [-0.15, -0.1) is 0 Å². The van der Waals surface area contributed by atoms with E-state index in [0.29, 0.717) is 12.8 Å². The van der Waals surface area contributed by atoms with Crippen molar-refractivity contribution in [1.82, 2.24) is 0 Å². The molecule has 2 atom stereocenters. The fourth-order valence-corrected chi connectivity index (χ4v) is 2.39. The van der Waals surface area contributed by atoms with Gasteiger partial charge in [-0.3, -0.25) is 9.59 Å². The molecular formula is C16H21NO4. The molecule has 2 unspecified atom stereocenters. The summed E-state index contributed by atoms with van der Waals surface area (Å²) in [5.74, 6) is -1.26. The quantitative estimate of drug-likeness (QED) is 0.844. The molecule has 1 aromatic rings. The Balaban J connectivity index is 1.83. The number of carbonyl (C=O) groups excluding carboxylic acids is 1. The van der Waals surface area contributed by atoms with Crippen LogP contribution in [0.4, 0.5) is 5.69 Å². The van der Waals surface area contributed by atoms with E-state index in [-0.39, 0.29) is 12.0 Å². The van der Waals surface area contributed by atoms with Crippen molar-refractivity contribution < 1.29 is 19.4 Å². The summed E-state index contributed by atoms with van der Waals surface area (Å²) in [6.07, 6.45) is 2.88. The van der Waals surface area contributed by atoms with E-state index >= 15 is 0 Å². The van der Waals surface area contributed by atoms with Crippen LogP contribution in [0.3, 0.4) is 0 Å². The van der Waals surface area contributed by atoms with Crippen LogP contribution in [0.1, 0.15) is 31.7 Å². The number of anilines is 1. The first-order valence-corrected chi connectivity index (χ1v) is 7.28. The Kier molecular flexibility index (Phi) is 5.33. The van der Waals surface area contributed by atoms with Crippen molar-refractivity contribution >= 4 is 17.6 Å². The topological polar surface area (TPSA) is 75.6 Å². The van der Waals surface area contributed by atoms with Crippen LogP contribution in [0.5, 0.6) is 0 Å². The average molecular weight is 291 g/mol. The minimum atomic E-state index is -0.802. The lowest BCUT2D eigenvalue weighted by Gasteiger charge is -2.11. The fourth-order valence-electron chi connectivity index (χ4n) is 2.39. The van der Waals surface area contributed by atoms with Crippen LogP contribution in [0.15, 0.2) is 24.3 Å². The largest absolute Gasteiger partial charge is 0.481 e. The SMILES string of the molecule is CC(Cc1ccc(NC(=O)CC2CCCO2)cc1)C(=O)O.